The maximum atomic E-state index is 12.8. The summed E-state index contributed by atoms with van der Waals surface area (Å²) in [4.78, 5) is 36.6. The van der Waals surface area contributed by atoms with Crippen LogP contribution in [0.3, 0.4) is 0 Å². The summed E-state index contributed by atoms with van der Waals surface area (Å²) in [6.07, 6.45) is -0.953. The van der Waals surface area contributed by atoms with E-state index in [4.69, 9.17) is 9.47 Å². The van der Waals surface area contributed by atoms with Crippen LogP contribution < -0.4 is 20.3 Å². The molecule has 1 atom stereocenters. The summed E-state index contributed by atoms with van der Waals surface area (Å²) in [5, 5.41) is 0. The number of hydrogen-bond acceptors (Lipinski definition) is 7. The van der Waals surface area contributed by atoms with E-state index in [-0.39, 0.29) is 22.6 Å². The number of esters is 1. The number of para-hydroxylation sites is 2. The van der Waals surface area contributed by atoms with Gasteiger partial charge >= 0.3 is 5.97 Å². The average Bonchev–Trinajstić information content (AvgIpc) is 3.18. The van der Waals surface area contributed by atoms with Gasteiger partial charge in [-0.3, -0.25) is 25.2 Å². The lowest BCUT2D eigenvalue weighted by Gasteiger charge is -2.13. The summed E-state index contributed by atoms with van der Waals surface area (Å²) < 4.78 is 38.4. The van der Waals surface area contributed by atoms with E-state index in [1.165, 1.54) is 31.4 Å². The van der Waals surface area contributed by atoms with E-state index in [0.29, 0.717) is 16.9 Å². The zero-order chi connectivity index (χ0) is 25.0. The summed E-state index contributed by atoms with van der Waals surface area (Å²) in [7, 11) is -2.61. The van der Waals surface area contributed by atoms with E-state index >= 15 is 0 Å². The first-order valence-electron chi connectivity index (χ1n) is 10.4. The standard InChI is InChI=1S/C24H21N3O7S/c1-33-20-12-5-4-11-19(20)27-35(31,32)16-8-6-7-15(13-16)23(29)26-25-22(28)14-21-17-9-2-3-10-18(17)24(30)34-21/h2-13,21,27H,14H2,1H3,(H,25,28)(H,26,29). The predicted octanol–water partition coefficient (Wildman–Crippen LogP) is 2.56. The fraction of sp³-hybridized carbons (Fsp3) is 0.125. The highest BCUT2D eigenvalue weighted by atomic mass is 32.2. The maximum absolute atomic E-state index is 12.8. The summed E-state index contributed by atoms with van der Waals surface area (Å²) in [5.41, 5.74) is 5.74. The van der Waals surface area contributed by atoms with E-state index in [9.17, 15) is 22.8 Å². The zero-order valence-corrected chi connectivity index (χ0v) is 19.3. The number of rotatable bonds is 7. The summed E-state index contributed by atoms with van der Waals surface area (Å²) in [5.74, 6) is -1.49. The number of carbonyl (C=O) groups excluding carboxylic acids is 3. The van der Waals surface area contributed by atoms with Crippen molar-refractivity contribution in [2.45, 2.75) is 17.4 Å². The number of amides is 2. The molecular weight excluding hydrogens is 474 g/mol. The minimum atomic E-state index is -4.03. The molecule has 1 heterocycles. The molecule has 180 valence electrons. The SMILES string of the molecule is COc1ccccc1NS(=O)(=O)c1cccc(C(=O)NNC(=O)CC2OC(=O)c3ccccc32)c1. The molecule has 0 aliphatic carbocycles. The number of hydrogen-bond donors (Lipinski definition) is 3. The molecule has 2 amide bonds. The van der Waals surface area contributed by atoms with Crippen LogP contribution in [0.2, 0.25) is 0 Å². The fourth-order valence-corrected chi connectivity index (χ4v) is 4.64. The molecule has 0 saturated heterocycles. The second kappa shape index (κ2) is 9.85. The third kappa shape index (κ3) is 5.25. The van der Waals surface area contributed by atoms with Gasteiger partial charge in [-0.1, -0.05) is 36.4 Å². The molecule has 0 saturated carbocycles. The van der Waals surface area contributed by atoms with E-state index in [1.54, 1.807) is 48.5 Å². The first-order chi connectivity index (χ1) is 16.8. The third-order valence-corrected chi connectivity index (χ3v) is 6.58. The van der Waals surface area contributed by atoms with Crippen LogP contribution in [0.15, 0.2) is 77.7 Å². The number of carbonyl (C=O) groups is 3. The molecule has 10 nitrogen and oxygen atoms in total. The molecule has 4 rings (SSSR count). The highest BCUT2D eigenvalue weighted by molar-refractivity contribution is 7.92. The molecule has 11 heteroatoms. The van der Waals surface area contributed by atoms with Gasteiger partial charge < -0.3 is 9.47 Å². The molecule has 0 radical (unpaired) electrons. The first-order valence-corrected chi connectivity index (χ1v) is 11.9. The van der Waals surface area contributed by atoms with Crippen LogP contribution in [0.5, 0.6) is 5.75 Å². The normalized spacial score (nSPS) is 14.4. The molecule has 1 aliphatic heterocycles. The lowest BCUT2D eigenvalue weighted by molar-refractivity contribution is -0.123. The first kappa shape index (κ1) is 23.8. The number of fused-ring (bicyclic) bond motifs is 1. The Bertz CT molecular complexity index is 1410. The van der Waals surface area contributed by atoms with Crippen LogP contribution in [-0.4, -0.2) is 33.3 Å². The minimum Gasteiger partial charge on any atom is -0.495 e. The number of anilines is 1. The molecule has 0 aromatic heterocycles. The van der Waals surface area contributed by atoms with Crippen LogP contribution >= 0.6 is 0 Å². The molecule has 0 spiro atoms. The molecule has 3 N–H and O–H groups in total. The van der Waals surface area contributed by atoms with E-state index in [0.717, 1.165) is 0 Å². The quantitative estimate of drug-likeness (QED) is 0.338. The van der Waals surface area contributed by atoms with Crippen LogP contribution in [0.25, 0.3) is 0 Å². The molecule has 1 unspecified atom stereocenters. The Morgan fingerprint density at radius 3 is 2.51 bits per heavy atom. The van der Waals surface area contributed by atoms with Crippen molar-refractivity contribution in [3.63, 3.8) is 0 Å². The van der Waals surface area contributed by atoms with Crippen molar-refractivity contribution in [2.24, 2.45) is 0 Å². The molecule has 35 heavy (non-hydrogen) atoms. The predicted molar refractivity (Wildman–Crippen MR) is 125 cm³/mol. The van der Waals surface area contributed by atoms with Gasteiger partial charge in [0.2, 0.25) is 5.91 Å². The van der Waals surface area contributed by atoms with Crippen molar-refractivity contribution in [3.05, 3.63) is 89.5 Å². The number of benzene rings is 3. The Balaban J connectivity index is 1.39. The largest absolute Gasteiger partial charge is 0.495 e. The van der Waals surface area contributed by atoms with E-state index < -0.39 is 33.9 Å². The molecule has 0 bridgehead atoms. The Kier molecular flexibility index (Phi) is 6.69. The van der Waals surface area contributed by atoms with Crippen molar-refractivity contribution >= 4 is 33.5 Å². The molecule has 3 aromatic carbocycles. The molecule has 3 aromatic rings. The average molecular weight is 496 g/mol. The Hall–Kier alpha value is -4.38. The molecular formula is C24H21N3O7S. The highest BCUT2D eigenvalue weighted by Crippen LogP contribution is 2.32. The van der Waals surface area contributed by atoms with Gasteiger partial charge in [-0.05, 0) is 36.4 Å². The van der Waals surface area contributed by atoms with Crippen molar-refractivity contribution in [3.8, 4) is 5.75 Å². The van der Waals surface area contributed by atoms with Crippen molar-refractivity contribution in [1.29, 1.82) is 0 Å². The second-order valence-corrected chi connectivity index (χ2v) is 9.20. The van der Waals surface area contributed by atoms with E-state index in [1.807, 2.05) is 0 Å². The van der Waals surface area contributed by atoms with Crippen molar-refractivity contribution in [1.82, 2.24) is 10.9 Å². The zero-order valence-electron chi connectivity index (χ0n) is 18.5. The van der Waals surface area contributed by atoms with Gasteiger partial charge in [-0.25, -0.2) is 13.2 Å². The van der Waals surface area contributed by atoms with Gasteiger partial charge in [0.1, 0.15) is 11.9 Å². The van der Waals surface area contributed by atoms with Crippen LogP contribution in [-0.2, 0) is 19.6 Å². The summed E-state index contributed by atoms with van der Waals surface area (Å²) >= 11 is 0. The van der Waals surface area contributed by atoms with Crippen molar-refractivity contribution in [2.75, 3.05) is 11.8 Å². The lowest BCUT2D eigenvalue weighted by Crippen LogP contribution is -2.42. The smallest absolute Gasteiger partial charge is 0.339 e. The highest BCUT2D eigenvalue weighted by Gasteiger charge is 2.32. The van der Waals surface area contributed by atoms with Gasteiger partial charge in [-0.2, -0.15) is 0 Å². The Morgan fingerprint density at radius 1 is 0.971 bits per heavy atom. The number of sulfonamides is 1. The number of cyclic esters (lactones) is 1. The van der Waals surface area contributed by atoms with E-state index in [2.05, 4.69) is 15.6 Å². The van der Waals surface area contributed by atoms with Gasteiger partial charge in [0.15, 0.2) is 0 Å². The fourth-order valence-electron chi connectivity index (χ4n) is 3.53. The maximum Gasteiger partial charge on any atom is 0.339 e. The number of nitrogens with one attached hydrogen (secondary N) is 3. The monoisotopic (exact) mass is 495 g/mol. The summed E-state index contributed by atoms with van der Waals surface area (Å²) in [6, 6.07) is 18.6. The van der Waals surface area contributed by atoms with Crippen LogP contribution in [0.1, 0.15) is 38.8 Å². The number of ether oxygens (including phenoxy) is 2. The lowest BCUT2D eigenvalue weighted by atomic mass is 10.0. The van der Waals surface area contributed by atoms with Crippen molar-refractivity contribution < 1.29 is 32.3 Å². The number of methoxy groups -OCH3 is 1. The summed E-state index contributed by atoms with van der Waals surface area (Å²) in [6.45, 7) is 0. The van der Waals surface area contributed by atoms with Crippen LogP contribution in [0, 0.1) is 0 Å². The van der Waals surface area contributed by atoms with Gasteiger partial charge in [0, 0.05) is 11.1 Å². The molecule has 0 fully saturated rings. The number of hydrazine groups is 1. The third-order valence-electron chi connectivity index (χ3n) is 5.22. The minimum absolute atomic E-state index is 0.00541. The van der Waals surface area contributed by atoms with Gasteiger partial charge in [-0.15, -0.1) is 0 Å². The molecule has 1 aliphatic rings. The Morgan fingerprint density at radius 2 is 1.71 bits per heavy atom. The Labute approximate surface area is 201 Å². The van der Waals surface area contributed by atoms with Crippen LogP contribution in [0.4, 0.5) is 5.69 Å². The second-order valence-electron chi connectivity index (χ2n) is 7.52. The van der Waals surface area contributed by atoms with Gasteiger partial charge in [0.25, 0.3) is 15.9 Å². The van der Waals surface area contributed by atoms with Gasteiger partial charge in [0.05, 0.1) is 29.7 Å². The topological polar surface area (TPSA) is 140 Å².